The van der Waals surface area contributed by atoms with Gasteiger partial charge < -0.3 is 40.3 Å². The van der Waals surface area contributed by atoms with Crippen LogP contribution in [-0.2, 0) is 14.3 Å². The van der Waals surface area contributed by atoms with Gasteiger partial charge in [-0.15, -0.1) is 0 Å². The second-order valence-corrected chi connectivity index (χ2v) is 17.6. The zero-order chi connectivity index (χ0) is 43.0. The van der Waals surface area contributed by atoms with E-state index in [1.165, 1.54) is 161 Å². The molecule has 1 aliphatic heterocycles. The molecule has 0 radical (unpaired) electrons. The third-order valence-corrected chi connectivity index (χ3v) is 12.0. The maximum absolute atomic E-state index is 12.9. The van der Waals surface area contributed by atoms with Crippen LogP contribution in [0.3, 0.4) is 0 Å². The molecule has 7 unspecified atom stereocenters. The van der Waals surface area contributed by atoms with Crippen LogP contribution in [0.1, 0.15) is 232 Å². The monoisotopic (exact) mass is 838 g/mol. The third kappa shape index (κ3) is 31.2. The highest BCUT2D eigenvalue weighted by molar-refractivity contribution is 5.76. The Labute approximate surface area is 362 Å². The summed E-state index contributed by atoms with van der Waals surface area (Å²) in [7, 11) is 0. The summed E-state index contributed by atoms with van der Waals surface area (Å²) in [4.78, 5) is 12.9. The highest BCUT2D eigenvalue weighted by atomic mass is 16.7. The Hall–Kier alpha value is -1.33. The maximum Gasteiger partial charge on any atom is 0.220 e. The molecule has 0 saturated carbocycles. The Morgan fingerprint density at radius 2 is 0.949 bits per heavy atom. The molecule has 0 aromatic heterocycles. The molecule has 0 spiro atoms. The van der Waals surface area contributed by atoms with Gasteiger partial charge in [0.25, 0.3) is 0 Å². The van der Waals surface area contributed by atoms with E-state index in [9.17, 15) is 30.3 Å². The fourth-order valence-electron chi connectivity index (χ4n) is 7.97. The second kappa shape index (κ2) is 40.7. The van der Waals surface area contributed by atoms with Crippen LogP contribution in [-0.4, -0.2) is 87.5 Å². The molecule has 0 bridgehead atoms. The molecule has 1 saturated heterocycles. The fourth-order valence-corrected chi connectivity index (χ4v) is 7.97. The summed E-state index contributed by atoms with van der Waals surface area (Å²) in [6, 6.07) is -0.809. The summed E-state index contributed by atoms with van der Waals surface area (Å²) >= 11 is 0. The first-order chi connectivity index (χ1) is 28.8. The smallest absolute Gasteiger partial charge is 0.220 e. The molecule has 9 nitrogen and oxygen atoms in total. The number of aliphatic hydroxyl groups excluding tert-OH is 5. The van der Waals surface area contributed by atoms with Crippen LogP contribution >= 0.6 is 0 Å². The Morgan fingerprint density at radius 1 is 0.559 bits per heavy atom. The van der Waals surface area contributed by atoms with E-state index in [0.29, 0.717) is 6.42 Å². The summed E-state index contributed by atoms with van der Waals surface area (Å²) in [5.74, 6) is -0.192. The minimum absolute atomic E-state index is 0.192. The van der Waals surface area contributed by atoms with E-state index in [2.05, 4.69) is 31.3 Å². The number of allylic oxidation sites excluding steroid dienone is 3. The van der Waals surface area contributed by atoms with Gasteiger partial charge in [0.2, 0.25) is 5.91 Å². The molecule has 1 fully saturated rings. The fraction of sp³-hybridized carbons (Fsp3) is 0.900. The number of hydrogen-bond acceptors (Lipinski definition) is 8. The van der Waals surface area contributed by atoms with Crippen LogP contribution in [0, 0.1) is 0 Å². The summed E-state index contributed by atoms with van der Waals surface area (Å²) < 4.78 is 11.2. The normalized spacial score (nSPS) is 20.8. The van der Waals surface area contributed by atoms with Gasteiger partial charge in [0.15, 0.2) is 6.29 Å². The second-order valence-electron chi connectivity index (χ2n) is 17.6. The van der Waals surface area contributed by atoms with Crippen LogP contribution in [0.4, 0.5) is 0 Å². The molecule has 9 heteroatoms. The number of carbonyl (C=O) groups excluding carboxylic acids is 1. The Morgan fingerprint density at radius 3 is 1.37 bits per heavy atom. The molecule has 348 valence electrons. The number of unbranched alkanes of at least 4 members (excludes halogenated alkanes) is 30. The van der Waals surface area contributed by atoms with Crippen molar-refractivity contribution >= 4 is 5.91 Å². The molecule has 1 rings (SSSR count). The first-order valence-electron chi connectivity index (χ1n) is 25.1. The average Bonchev–Trinajstić information content (AvgIpc) is 3.23. The average molecular weight is 838 g/mol. The van der Waals surface area contributed by atoms with Crippen molar-refractivity contribution in [3.05, 3.63) is 24.3 Å². The van der Waals surface area contributed by atoms with Gasteiger partial charge in [-0.25, -0.2) is 0 Å². The van der Waals surface area contributed by atoms with Crippen molar-refractivity contribution in [1.82, 2.24) is 5.32 Å². The lowest BCUT2D eigenvalue weighted by Crippen LogP contribution is -2.60. The predicted octanol–water partition coefficient (Wildman–Crippen LogP) is 11.1. The Kier molecular flexibility index (Phi) is 38.4. The van der Waals surface area contributed by atoms with Gasteiger partial charge in [0.1, 0.15) is 24.4 Å². The topological polar surface area (TPSA) is 149 Å². The maximum atomic E-state index is 12.9. The molecule has 0 aromatic carbocycles. The lowest BCUT2D eigenvalue weighted by molar-refractivity contribution is -0.302. The van der Waals surface area contributed by atoms with Crippen LogP contribution in [0.2, 0.25) is 0 Å². The van der Waals surface area contributed by atoms with Gasteiger partial charge in [-0.2, -0.15) is 0 Å². The minimum atomic E-state index is -1.57. The van der Waals surface area contributed by atoms with Crippen molar-refractivity contribution in [2.75, 3.05) is 13.2 Å². The van der Waals surface area contributed by atoms with E-state index < -0.39 is 49.5 Å². The summed E-state index contributed by atoms with van der Waals surface area (Å²) in [6.07, 6.45) is 42.3. The zero-order valence-electron chi connectivity index (χ0n) is 38.3. The van der Waals surface area contributed by atoms with Crippen LogP contribution < -0.4 is 5.32 Å². The van der Waals surface area contributed by atoms with Crippen LogP contribution in [0.5, 0.6) is 0 Å². The highest BCUT2D eigenvalue weighted by Gasteiger charge is 2.44. The molecule has 0 aromatic rings. The van der Waals surface area contributed by atoms with Crippen LogP contribution in [0.15, 0.2) is 24.3 Å². The number of amides is 1. The van der Waals surface area contributed by atoms with Crippen molar-refractivity contribution in [2.24, 2.45) is 0 Å². The molecule has 1 heterocycles. The van der Waals surface area contributed by atoms with E-state index in [1.54, 1.807) is 6.08 Å². The van der Waals surface area contributed by atoms with Gasteiger partial charge in [-0.05, 0) is 44.9 Å². The first kappa shape index (κ1) is 55.7. The summed E-state index contributed by atoms with van der Waals surface area (Å²) in [5, 5.41) is 54.2. The number of nitrogens with one attached hydrogen (secondary N) is 1. The van der Waals surface area contributed by atoms with E-state index in [0.717, 1.165) is 51.4 Å². The van der Waals surface area contributed by atoms with E-state index in [-0.39, 0.29) is 12.5 Å². The standard InChI is InChI=1S/C50H95NO8/c1-3-5-7-9-11-13-15-17-18-19-20-21-22-23-24-25-26-28-29-31-33-35-37-39-44(53)43(42-58-50-49(57)48(56)47(55)45(41-52)59-50)51-46(54)40-38-36-34-32-30-27-16-14-12-10-8-6-4-2/h27,30,37,39,43-45,47-50,52-53,55-57H,3-26,28-29,31-36,38,40-42H2,1-2H3,(H,51,54)/b30-27-,39-37+. The molecular weight excluding hydrogens is 743 g/mol. The van der Waals surface area contributed by atoms with E-state index in [1.807, 2.05) is 6.08 Å². The Bertz CT molecular complexity index is 977. The number of rotatable bonds is 42. The number of ether oxygens (including phenoxy) is 2. The molecular formula is C50H95NO8. The van der Waals surface area contributed by atoms with Gasteiger partial charge in [-0.1, -0.05) is 205 Å². The molecule has 59 heavy (non-hydrogen) atoms. The Balaban J connectivity index is 2.28. The van der Waals surface area contributed by atoms with Gasteiger partial charge in [0.05, 0.1) is 25.4 Å². The molecule has 1 amide bonds. The largest absolute Gasteiger partial charge is 0.394 e. The molecule has 7 atom stereocenters. The van der Waals surface area contributed by atoms with Crippen molar-refractivity contribution in [3.8, 4) is 0 Å². The zero-order valence-corrected chi connectivity index (χ0v) is 38.3. The molecule has 6 N–H and O–H groups in total. The van der Waals surface area contributed by atoms with E-state index >= 15 is 0 Å². The number of carbonyl (C=O) groups is 1. The van der Waals surface area contributed by atoms with Gasteiger partial charge in [0, 0.05) is 6.42 Å². The predicted molar refractivity (Wildman–Crippen MR) is 244 cm³/mol. The summed E-state index contributed by atoms with van der Waals surface area (Å²) in [6.45, 7) is 3.77. The van der Waals surface area contributed by atoms with Crippen LogP contribution in [0.25, 0.3) is 0 Å². The van der Waals surface area contributed by atoms with E-state index in [4.69, 9.17) is 9.47 Å². The van der Waals surface area contributed by atoms with Crippen molar-refractivity contribution in [3.63, 3.8) is 0 Å². The highest BCUT2D eigenvalue weighted by Crippen LogP contribution is 2.23. The molecule has 1 aliphatic rings. The number of aliphatic hydroxyl groups is 5. The minimum Gasteiger partial charge on any atom is -0.394 e. The lowest BCUT2D eigenvalue weighted by atomic mass is 9.99. The molecule has 0 aliphatic carbocycles. The summed E-state index contributed by atoms with van der Waals surface area (Å²) in [5.41, 5.74) is 0. The van der Waals surface area contributed by atoms with Crippen molar-refractivity contribution < 1.29 is 39.8 Å². The first-order valence-corrected chi connectivity index (χ1v) is 25.1. The SMILES string of the molecule is CCCCCCCC/C=C\CCCCCC(=O)NC(COC1OC(CO)C(O)C(O)C1O)C(O)/C=C/CCCCCCCCCCCCCCCCCCCCCCC. The lowest BCUT2D eigenvalue weighted by Gasteiger charge is -2.40. The quantitative estimate of drug-likeness (QED) is 0.0263. The number of hydrogen-bond donors (Lipinski definition) is 6. The van der Waals surface area contributed by atoms with Crippen molar-refractivity contribution in [2.45, 2.75) is 275 Å². The van der Waals surface area contributed by atoms with Crippen molar-refractivity contribution in [1.29, 1.82) is 0 Å². The van der Waals surface area contributed by atoms with Gasteiger partial charge in [-0.3, -0.25) is 4.79 Å². The third-order valence-electron chi connectivity index (χ3n) is 12.0. The van der Waals surface area contributed by atoms with Gasteiger partial charge >= 0.3 is 0 Å².